The molecule has 170 valence electrons. The number of anilines is 2. The number of thiazole rings is 1. The van der Waals surface area contributed by atoms with Crippen LogP contribution in [0.3, 0.4) is 0 Å². The molecule has 5 rings (SSSR count). The Morgan fingerprint density at radius 2 is 1.82 bits per heavy atom. The molecule has 0 saturated carbocycles. The fourth-order valence-electron chi connectivity index (χ4n) is 4.70. The highest BCUT2D eigenvalue weighted by Gasteiger charge is 2.19. The molecule has 1 atom stereocenters. The van der Waals surface area contributed by atoms with Crippen LogP contribution < -0.4 is 5.32 Å². The Balaban J connectivity index is 1.20. The van der Waals surface area contributed by atoms with E-state index in [1.165, 1.54) is 35.6 Å². The van der Waals surface area contributed by atoms with Crippen LogP contribution in [0.1, 0.15) is 31.2 Å². The summed E-state index contributed by atoms with van der Waals surface area (Å²) in [5.74, 6) is 0. The molecule has 0 bridgehead atoms. The molecular formula is C28H31N3OS. The molecule has 4 nitrogen and oxygen atoms in total. The van der Waals surface area contributed by atoms with Gasteiger partial charge >= 0.3 is 0 Å². The van der Waals surface area contributed by atoms with Crippen LogP contribution in [0, 0.1) is 0 Å². The number of benzene rings is 3. The molecule has 0 aliphatic carbocycles. The number of aromatic nitrogens is 1. The molecule has 3 aromatic carbocycles. The number of nitrogens with one attached hydrogen (secondary N) is 1. The fourth-order valence-corrected chi connectivity index (χ4v) is 5.44. The van der Waals surface area contributed by atoms with Crippen molar-refractivity contribution in [3.05, 3.63) is 77.7 Å². The zero-order valence-electron chi connectivity index (χ0n) is 18.9. The first kappa shape index (κ1) is 22.1. The summed E-state index contributed by atoms with van der Waals surface area (Å²) in [5.41, 5.74) is 4.53. The lowest BCUT2D eigenvalue weighted by atomic mass is 10.1. The van der Waals surface area contributed by atoms with Gasteiger partial charge in [0.1, 0.15) is 0 Å². The molecule has 1 aliphatic heterocycles. The Kier molecular flexibility index (Phi) is 7.01. The lowest BCUT2D eigenvalue weighted by Gasteiger charge is -2.28. The van der Waals surface area contributed by atoms with E-state index in [-0.39, 0.29) is 6.61 Å². The highest BCUT2D eigenvalue weighted by molar-refractivity contribution is 7.14. The highest BCUT2D eigenvalue weighted by Crippen LogP contribution is 2.29. The Hall–Kier alpha value is -2.73. The second-order valence-electron chi connectivity index (χ2n) is 8.89. The first-order valence-corrected chi connectivity index (χ1v) is 12.8. The summed E-state index contributed by atoms with van der Waals surface area (Å²) in [6, 6.07) is 23.9. The average Bonchev–Trinajstić information content (AvgIpc) is 3.20. The minimum absolute atomic E-state index is 0.276. The van der Waals surface area contributed by atoms with Crippen molar-refractivity contribution < 1.29 is 5.11 Å². The van der Waals surface area contributed by atoms with Gasteiger partial charge in [-0.1, -0.05) is 61.4 Å². The molecule has 2 N–H and O–H groups in total. The molecule has 0 amide bonds. The summed E-state index contributed by atoms with van der Waals surface area (Å²) in [6.07, 6.45) is 5.90. The third-order valence-electron chi connectivity index (χ3n) is 6.65. The van der Waals surface area contributed by atoms with E-state index in [0.29, 0.717) is 6.04 Å². The summed E-state index contributed by atoms with van der Waals surface area (Å²) in [5, 5.41) is 18.7. The molecule has 4 aromatic rings. The largest absolute Gasteiger partial charge is 0.395 e. The summed E-state index contributed by atoms with van der Waals surface area (Å²) in [4.78, 5) is 7.28. The zero-order valence-corrected chi connectivity index (χ0v) is 19.7. The van der Waals surface area contributed by atoms with Crippen LogP contribution in [-0.4, -0.2) is 40.7 Å². The van der Waals surface area contributed by atoms with E-state index in [2.05, 4.69) is 82.3 Å². The van der Waals surface area contributed by atoms with Crippen molar-refractivity contribution in [1.82, 2.24) is 9.88 Å². The summed E-state index contributed by atoms with van der Waals surface area (Å²) >= 11 is 1.63. The molecule has 1 fully saturated rings. The van der Waals surface area contributed by atoms with Gasteiger partial charge in [-0.25, -0.2) is 4.98 Å². The van der Waals surface area contributed by atoms with Crippen molar-refractivity contribution in [1.29, 1.82) is 0 Å². The van der Waals surface area contributed by atoms with E-state index in [0.717, 1.165) is 48.0 Å². The van der Waals surface area contributed by atoms with E-state index in [1.807, 2.05) is 0 Å². The topological polar surface area (TPSA) is 48.4 Å². The predicted octanol–water partition coefficient (Wildman–Crippen LogP) is 6.49. The quantitative estimate of drug-likeness (QED) is 0.333. The van der Waals surface area contributed by atoms with Crippen LogP contribution in [0.25, 0.3) is 22.0 Å². The molecule has 5 heteroatoms. The number of aliphatic hydroxyl groups excluding tert-OH is 1. The Morgan fingerprint density at radius 3 is 2.67 bits per heavy atom. The van der Waals surface area contributed by atoms with Gasteiger partial charge in [-0.3, -0.25) is 4.90 Å². The van der Waals surface area contributed by atoms with E-state index in [1.54, 1.807) is 11.3 Å². The van der Waals surface area contributed by atoms with Gasteiger partial charge in [-0.15, -0.1) is 11.3 Å². The molecule has 33 heavy (non-hydrogen) atoms. The molecule has 0 spiro atoms. The number of rotatable bonds is 7. The number of hydrogen-bond acceptors (Lipinski definition) is 5. The van der Waals surface area contributed by atoms with Gasteiger partial charge in [0.25, 0.3) is 0 Å². The lowest BCUT2D eigenvalue weighted by molar-refractivity contribution is 0.125. The minimum Gasteiger partial charge on any atom is -0.395 e. The van der Waals surface area contributed by atoms with Crippen molar-refractivity contribution in [2.24, 2.45) is 0 Å². The number of fused-ring (bicyclic) bond motifs is 1. The number of aliphatic hydroxyl groups is 1. The van der Waals surface area contributed by atoms with Gasteiger partial charge < -0.3 is 10.4 Å². The summed E-state index contributed by atoms with van der Waals surface area (Å²) < 4.78 is 0. The van der Waals surface area contributed by atoms with Crippen molar-refractivity contribution in [2.45, 2.75) is 38.1 Å². The highest BCUT2D eigenvalue weighted by atomic mass is 32.1. The second kappa shape index (κ2) is 10.5. The van der Waals surface area contributed by atoms with Gasteiger partial charge in [0, 0.05) is 29.2 Å². The molecule has 0 radical (unpaired) electrons. The third kappa shape index (κ3) is 5.44. The Bertz CT molecular complexity index is 1190. The Labute approximate surface area is 199 Å². The van der Waals surface area contributed by atoms with Gasteiger partial charge in [0.15, 0.2) is 5.13 Å². The molecule has 1 aromatic heterocycles. The first-order chi connectivity index (χ1) is 16.3. The van der Waals surface area contributed by atoms with Crippen LogP contribution in [0.2, 0.25) is 0 Å². The van der Waals surface area contributed by atoms with Crippen molar-refractivity contribution in [3.8, 4) is 11.3 Å². The maximum absolute atomic E-state index is 9.73. The summed E-state index contributed by atoms with van der Waals surface area (Å²) in [7, 11) is 0. The second-order valence-corrected chi connectivity index (χ2v) is 9.75. The molecule has 1 saturated heterocycles. The predicted molar refractivity (Wildman–Crippen MR) is 139 cm³/mol. The van der Waals surface area contributed by atoms with E-state index in [9.17, 15) is 5.11 Å². The van der Waals surface area contributed by atoms with E-state index < -0.39 is 0 Å². The van der Waals surface area contributed by atoms with Gasteiger partial charge in [0.05, 0.1) is 12.3 Å². The van der Waals surface area contributed by atoms with Crippen LogP contribution in [-0.2, 0) is 6.42 Å². The average molecular weight is 458 g/mol. The van der Waals surface area contributed by atoms with Crippen LogP contribution in [0.15, 0.2) is 72.1 Å². The van der Waals surface area contributed by atoms with Gasteiger partial charge in [-0.2, -0.15) is 0 Å². The lowest BCUT2D eigenvalue weighted by Crippen LogP contribution is -2.38. The molecule has 1 aliphatic rings. The molecule has 1 unspecified atom stereocenters. The first-order valence-electron chi connectivity index (χ1n) is 11.9. The molecular weight excluding hydrogens is 426 g/mol. The zero-order chi connectivity index (χ0) is 22.5. The number of nitrogens with zero attached hydrogens (tertiary/aromatic N) is 2. The van der Waals surface area contributed by atoms with Crippen LogP contribution >= 0.6 is 11.3 Å². The summed E-state index contributed by atoms with van der Waals surface area (Å²) in [6.45, 7) is 2.39. The fraction of sp³-hybridized carbons (Fsp3) is 0.321. The van der Waals surface area contributed by atoms with Crippen molar-refractivity contribution in [3.63, 3.8) is 0 Å². The normalized spacial score (nSPS) is 17.2. The third-order valence-corrected chi connectivity index (χ3v) is 7.41. The van der Waals surface area contributed by atoms with Crippen LogP contribution in [0.4, 0.5) is 10.8 Å². The minimum atomic E-state index is 0.276. The van der Waals surface area contributed by atoms with Gasteiger partial charge in [-0.05, 0) is 60.3 Å². The van der Waals surface area contributed by atoms with Gasteiger partial charge in [0.2, 0.25) is 0 Å². The van der Waals surface area contributed by atoms with E-state index >= 15 is 0 Å². The monoisotopic (exact) mass is 457 g/mol. The van der Waals surface area contributed by atoms with Crippen molar-refractivity contribution >= 4 is 32.9 Å². The maximum Gasteiger partial charge on any atom is 0.187 e. The van der Waals surface area contributed by atoms with Crippen LogP contribution in [0.5, 0.6) is 0 Å². The SMILES string of the molecule is OCC1CCCCCN1CCc1ccc(Nc2nc(-c3ccc4ccccc4c3)cs2)cc1. The number of hydrogen-bond donors (Lipinski definition) is 2. The smallest absolute Gasteiger partial charge is 0.187 e. The van der Waals surface area contributed by atoms with E-state index in [4.69, 9.17) is 4.98 Å². The Morgan fingerprint density at radius 1 is 0.970 bits per heavy atom. The maximum atomic E-state index is 9.73. The van der Waals surface area contributed by atoms with Crippen molar-refractivity contribution in [2.75, 3.05) is 25.0 Å². The standard InChI is InChI=1S/C28H31N3OS/c32-19-26-8-2-1-5-16-31(26)17-15-21-9-13-25(14-10-21)29-28-30-27(20-33-28)24-12-11-22-6-3-4-7-23(22)18-24/h3-4,6-7,9-14,18,20,26,32H,1-2,5,8,15-17,19H2,(H,29,30). The number of likely N-dealkylation sites (tertiary alicyclic amines) is 1. The molecule has 2 heterocycles.